The Bertz CT molecular complexity index is 1060. The molecule has 1 aromatic carbocycles. The van der Waals surface area contributed by atoms with Gasteiger partial charge in [-0.2, -0.15) is 5.10 Å². The lowest BCUT2D eigenvalue weighted by molar-refractivity contribution is -0.140. The Morgan fingerprint density at radius 2 is 1.93 bits per heavy atom. The van der Waals surface area contributed by atoms with Crippen molar-refractivity contribution in [3.63, 3.8) is 0 Å². The maximum atomic E-state index is 12.6. The summed E-state index contributed by atoms with van der Waals surface area (Å²) in [5.74, 6) is -1.20. The van der Waals surface area contributed by atoms with Crippen LogP contribution in [-0.2, 0) is 20.8 Å². The number of esters is 2. The zero-order valence-electron chi connectivity index (χ0n) is 16.7. The number of fused-ring (bicyclic) bond motifs is 1. The Balaban J connectivity index is 1.64. The van der Waals surface area contributed by atoms with E-state index in [1.165, 1.54) is 7.11 Å². The van der Waals surface area contributed by atoms with Gasteiger partial charge in [0.25, 0.3) is 0 Å². The quantitative estimate of drug-likeness (QED) is 0.463. The van der Waals surface area contributed by atoms with Crippen LogP contribution in [0.4, 0.5) is 0 Å². The second-order valence-electron chi connectivity index (χ2n) is 6.73. The van der Waals surface area contributed by atoms with Crippen molar-refractivity contribution in [1.29, 1.82) is 0 Å². The highest BCUT2D eigenvalue weighted by Gasteiger charge is 2.20. The van der Waals surface area contributed by atoms with Gasteiger partial charge < -0.3 is 14.0 Å². The predicted octanol–water partition coefficient (Wildman–Crippen LogP) is 2.97. The first-order valence-electron chi connectivity index (χ1n) is 9.29. The van der Waals surface area contributed by atoms with Crippen molar-refractivity contribution in [2.75, 3.05) is 13.7 Å². The van der Waals surface area contributed by atoms with Crippen LogP contribution in [-0.4, -0.2) is 46.2 Å². The fraction of sp³-hybridized carbons (Fsp3) is 0.333. The van der Waals surface area contributed by atoms with E-state index in [-0.39, 0.29) is 24.1 Å². The zero-order chi connectivity index (χ0) is 21.0. The highest BCUT2D eigenvalue weighted by Crippen LogP contribution is 2.19. The molecule has 0 fully saturated rings. The minimum Gasteiger partial charge on any atom is -0.469 e. The molecule has 0 spiro atoms. The van der Waals surface area contributed by atoms with Crippen molar-refractivity contribution in [2.45, 2.75) is 33.2 Å². The van der Waals surface area contributed by atoms with Crippen LogP contribution in [0.25, 0.3) is 10.9 Å². The van der Waals surface area contributed by atoms with Gasteiger partial charge >= 0.3 is 11.9 Å². The lowest BCUT2D eigenvalue weighted by atomic mass is 10.1. The molecule has 0 aliphatic carbocycles. The van der Waals surface area contributed by atoms with Crippen molar-refractivity contribution in [3.8, 4) is 0 Å². The van der Waals surface area contributed by atoms with Gasteiger partial charge in [0.1, 0.15) is 0 Å². The molecular weight excluding hydrogens is 374 g/mol. The Kier molecular flexibility index (Phi) is 6.11. The number of hydrogen-bond donors (Lipinski definition) is 1. The molecule has 2 aromatic heterocycles. The third-order valence-electron chi connectivity index (χ3n) is 4.86. The third-order valence-corrected chi connectivity index (χ3v) is 4.86. The normalized spacial score (nSPS) is 10.9. The van der Waals surface area contributed by atoms with Crippen LogP contribution in [0.2, 0.25) is 0 Å². The van der Waals surface area contributed by atoms with Crippen LogP contribution in [0.1, 0.15) is 45.1 Å². The lowest BCUT2D eigenvalue weighted by Gasteiger charge is -2.09. The predicted molar refractivity (Wildman–Crippen MR) is 106 cm³/mol. The van der Waals surface area contributed by atoms with Crippen molar-refractivity contribution in [2.24, 2.45) is 0 Å². The fourth-order valence-electron chi connectivity index (χ4n) is 3.31. The molecule has 3 rings (SSSR count). The number of aromatic amines is 1. The van der Waals surface area contributed by atoms with Gasteiger partial charge in [0, 0.05) is 35.3 Å². The summed E-state index contributed by atoms with van der Waals surface area (Å²) in [6, 6.07) is 8.97. The van der Waals surface area contributed by atoms with E-state index in [1.807, 2.05) is 24.5 Å². The number of carbonyl (C=O) groups excluding carboxylic acids is 3. The zero-order valence-corrected chi connectivity index (χ0v) is 16.7. The van der Waals surface area contributed by atoms with Gasteiger partial charge in [-0.15, -0.1) is 0 Å². The van der Waals surface area contributed by atoms with Crippen molar-refractivity contribution >= 4 is 28.6 Å². The van der Waals surface area contributed by atoms with E-state index in [1.54, 1.807) is 24.3 Å². The highest BCUT2D eigenvalue weighted by molar-refractivity contribution is 6.04. The Morgan fingerprint density at radius 3 is 2.69 bits per heavy atom. The van der Waals surface area contributed by atoms with Gasteiger partial charge in [0.15, 0.2) is 12.3 Å². The number of carbonyl (C=O) groups is 3. The largest absolute Gasteiger partial charge is 0.469 e. The molecule has 0 saturated carbocycles. The first kappa shape index (κ1) is 20.3. The monoisotopic (exact) mass is 397 g/mol. The van der Waals surface area contributed by atoms with Crippen molar-refractivity contribution in [1.82, 2.24) is 14.8 Å². The van der Waals surface area contributed by atoms with Gasteiger partial charge in [0.2, 0.25) is 5.78 Å². The van der Waals surface area contributed by atoms with Crippen molar-refractivity contribution < 1.29 is 23.9 Å². The molecular formula is C21H23N3O5. The third kappa shape index (κ3) is 4.37. The summed E-state index contributed by atoms with van der Waals surface area (Å²) < 4.78 is 11.8. The Morgan fingerprint density at radius 1 is 1.17 bits per heavy atom. The molecule has 2 heterocycles. The second-order valence-corrected chi connectivity index (χ2v) is 6.73. The molecule has 8 nitrogen and oxygen atoms in total. The number of para-hydroxylation sites is 1. The van der Waals surface area contributed by atoms with Gasteiger partial charge in [-0.25, -0.2) is 4.79 Å². The molecule has 29 heavy (non-hydrogen) atoms. The lowest BCUT2D eigenvalue weighted by Crippen LogP contribution is -2.15. The number of benzene rings is 1. The molecule has 8 heteroatoms. The maximum absolute atomic E-state index is 12.6. The molecule has 0 unspecified atom stereocenters. The molecule has 0 saturated heterocycles. The van der Waals surface area contributed by atoms with E-state index in [4.69, 9.17) is 4.74 Å². The number of nitrogens with zero attached hydrogens (tertiary/aromatic N) is 2. The molecule has 0 aliphatic rings. The first-order valence-corrected chi connectivity index (χ1v) is 9.29. The summed E-state index contributed by atoms with van der Waals surface area (Å²) in [6.45, 7) is 3.96. The fourth-order valence-corrected chi connectivity index (χ4v) is 3.31. The SMILES string of the molecule is COC(=O)CCCn1c(C)cc(C(=O)COC(=O)c2n[nH]c3ccccc23)c1C. The van der Waals surface area contributed by atoms with Crippen LogP contribution in [0.15, 0.2) is 30.3 Å². The van der Waals surface area contributed by atoms with Crippen molar-refractivity contribution in [3.05, 3.63) is 53.0 Å². The maximum Gasteiger partial charge on any atom is 0.359 e. The number of ketones is 1. The van der Waals surface area contributed by atoms with E-state index in [0.717, 1.165) is 16.9 Å². The first-order chi connectivity index (χ1) is 13.9. The van der Waals surface area contributed by atoms with Crippen LogP contribution in [0, 0.1) is 13.8 Å². The smallest absolute Gasteiger partial charge is 0.359 e. The number of aryl methyl sites for hydroxylation is 1. The molecule has 0 radical (unpaired) electrons. The topological polar surface area (TPSA) is 103 Å². The molecule has 1 N–H and O–H groups in total. The molecule has 3 aromatic rings. The number of hydrogen-bond acceptors (Lipinski definition) is 6. The van der Waals surface area contributed by atoms with Gasteiger partial charge in [0.05, 0.1) is 12.6 Å². The summed E-state index contributed by atoms with van der Waals surface area (Å²) in [7, 11) is 1.36. The van der Waals surface area contributed by atoms with E-state index in [2.05, 4.69) is 14.9 Å². The van der Waals surface area contributed by atoms with E-state index < -0.39 is 5.97 Å². The summed E-state index contributed by atoms with van der Waals surface area (Å²) in [5, 5.41) is 7.40. The number of ether oxygens (including phenoxy) is 2. The number of nitrogens with one attached hydrogen (secondary N) is 1. The second kappa shape index (κ2) is 8.72. The van der Waals surface area contributed by atoms with Crippen LogP contribution < -0.4 is 0 Å². The number of Topliss-reactive ketones (excluding diaryl/α,β-unsaturated/α-hetero) is 1. The summed E-state index contributed by atoms with van der Waals surface area (Å²) >= 11 is 0. The molecule has 0 aliphatic heterocycles. The minimum absolute atomic E-state index is 0.154. The molecule has 152 valence electrons. The van der Waals surface area contributed by atoms with Crippen LogP contribution >= 0.6 is 0 Å². The van der Waals surface area contributed by atoms with Crippen LogP contribution in [0.3, 0.4) is 0 Å². The van der Waals surface area contributed by atoms with Gasteiger partial charge in [-0.1, -0.05) is 18.2 Å². The average Bonchev–Trinajstić information content (AvgIpc) is 3.27. The number of rotatable bonds is 8. The molecule has 0 atom stereocenters. The Labute approximate surface area is 167 Å². The Hall–Kier alpha value is -3.42. The summed E-state index contributed by atoms with van der Waals surface area (Å²) in [6.07, 6.45) is 0.921. The standard InChI is InChI=1S/C21H23N3O5/c1-13-11-16(14(2)24(13)10-6-9-19(26)28-3)18(25)12-29-21(27)20-15-7-4-5-8-17(15)22-23-20/h4-5,7-8,11H,6,9-10,12H2,1-3H3,(H,22,23). The van der Waals surface area contributed by atoms with Gasteiger partial charge in [-0.3, -0.25) is 14.7 Å². The number of aromatic nitrogens is 3. The van der Waals surface area contributed by atoms with Crippen LogP contribution in [0.5, 0.6) is 0 Å². The number of H-pyrrole nitrogens is 1. The summed E-state index contributed by atoms with van der Waals surface area (Å²) in [5.41, 5.74) is 3.06. The number of methoxy groups -OCH3 is 1. The molecule has 0 bridgehead atoms. The van der Waals surface area contributed by atoms with E-state index >= 15 is 0 Å². The minimum atomic E-state index is -0.650. The van der Waals surface area contributed by atoms with Gasteiger partial charge in [-0.05, 0) is 32.4 Å². The van der Waals surface area contributed by atoms with E-state index in [9.17, 15) is 14.4 Å². The molecule has 0 amide bonds. The highest BCUT2D eigenvalue weighted by atomic mass is 16.5. The average molecular weight is 397 g/mol. The van der Waals surface area contributed by atoms with E-state index in [0.29, 0.717) is 30.3 Å². The summed E-state index contributed by atoms with van der Waals surface area (Å²) in [4.78, 5) is 36.2.